The zero-order chi connectivity index (χ0) is 11.1. The summed E-state index contributed by atoms with van der Waals surface area (Å²) >= 11 is 0. The highest BCUT2D eigenvalue weighted by Crippen LogP contribution is 1.99. The van der Waals surface area contributed by atoms with Crippen LogP contribution in [0.25, 0.3) is 0 Å². The van der Waals surface area contributed by atoms with Gasteiger partial charge in [0.1, 0.15) is 6.61 Å². The van der Waals surface area contributed by atoms with Crippen LogP contribution in [0.2, 0.25) is 0 Å². The summed E-state index contributed by atoms with van der Waals surface area (Å²) in [4.78, 5) is 21.5. The van der Waals surface area contributed by atoms with E-state index in [1.54, 1.807) is 0 Å². The van der Waals surface area contributed by atoms with Gasteiger partial charge < -0.3 is 4.74 Å². The summed E-state index contributed by atoms with van der Waals surface area (Å²) in [6.45, 7) is 1.55. The molecule has 0 aliphatic carbocycles. The third-order valence-electron chi connectivity index (χ3n) is 1.66. The lowest BCUT2D eigenvalue weighted by Crippen LogP contribution is -2.31. The maximum atomic E-state index is 11.0. The lowest BCUT2D eigenvalue weighted by atomic mass is 10.2. The molecule has 0 unspecified atom stereocenters. The fourth-order valence-corrected chi connectivity index (χ4v) is 1.07. The second-order valence-electron chi connectivity index (χ2n) is 3.08. The third kappa shape index (κ3) is 4.93. The summed E-state index contributed by atoms with van der Waals surface area (Å²) in [5.74, 6) is -0.790. The van der Waals surface area contributed by atoms with Crippen molar-refractivity contribution in [1.82, 2.24) is 5.32 Å². The highest BCUT2D eigenvalue weighted by molar-refractivity contribution is 5.94. The molecule has 0 heterocycles. The number of carbonyl (C=O) groups excluding carboxylic acids is 2. The molecular formula is C11H13NO3. The minimum Gasteiger partial charge on any atom is -0.367 e. The Hall–Kier alpha value is -1.68. The molecule has 0 atom stereocenters. The van der Waals surface area contributed by atoms with Crippen LogP contribution in [-0.2, 0) is 20.9 Å². The Morgan fingerprint density at radius 2 is 1.93 bits per heavy atom. The van der Waals surface area contributed by atoms with Gasteiger partial charge in [0.25, 0.3) is 5.91 Å². The molecule has 0 aromatic heterocycles. The summed E-state index contributed by atoms with van der Waals surface area (Å²) < 4.78 is 5.12. The molecule has 4 heteroatoms. The predicted octanol–water partition coefficient (Wildman–Crippen LogP) is 0.866. The smallest absolute Gasteiger partial charge is 0.252 e. The zero-order valence-electron chi connectivity index (χ0n) is 8.53. The molecule has 0 bridgehead atoms. The van der Waals surface area contributed by atoms with Gasteiger partial charge in [-0.1, -0.05) is 30.3 Å². The maximum absolute atomic E-state index is 11.0. The van der Waals surface area contributed by atoms with Crippen LogP contribution in [0, 0.1) is 0 Å². The molecule has 0 saturated heterocycles. The molecule has 0 aliphatic rings. The van der Waals surface area contributed by atoms with Crippen LogP contribution in [0.3, 0.4) is 0 Å². The van der Waals surface area contributed by atoms with E-state index in [1.807, 2.05) is 30.3 Å². The first-order valence-corrected chi connectivity index (χ1v) is 4.60. The first-order valence-electron chi connectivity index (χ1n) is 4.60. The Morgan fingerprint density at radius 1 is 1.27 bits per heavy atom. The Balaban J connectivity index is 2.22. The number of nitrogens with one attached hydrogen (secondary N) is 1. The fourth-order valence-electron chi connectivity index (χ4n) is 1.07. The number of benzene rings is 1. The SMILES string of the molecule is CC(=O)NC(=O)COCc1ccccc1. The summed E-state index contributed by atoms with van der Waals surface area (Å²) in [5, 5.41) is 2.13. The van der Waals surface area contributed by atoms with Gasteiger partial charge in [0.05, 0.1) is 6.61 Å². The van der Waals surface area contributed by atoms with Gasteiger partial charge in [-0.05, 0) is 5.56 Å². The van der Waals surface area contributed by atoms with Crippen molar-refractivity contribution < 1.29 is 14.3 Å². The summed E-state index contributed by atoms with van der Waals surface area (Å²) in [6.07, 6.45) is 0. The standard InChI is InChI=1S/C11H13NO3/c1-9(13)12-11(14)8-15-7-10-5-3-2-4-6-10/h2-6H,7-8H2,1H3,(H,12,13,14). The maximum Gasteiger partial charge on any atom is 0.252 e. The van der Waals surface area contributed by atoms with E-state index in [0.29, 0.717) is 6.61 Å². The van der Waals surface area contributed by atoms with Gasteiger partial charge in [0.15, 0.2) is 0 Å². The van der Waals surface area contributed by atoms with Gasteiger partial charge in [-0.25, -0.2) is 0 Å². The molecule has 0 aliphatic heterocycles. The average molecular weight is 207 g/mol. The van der Waals surface area contributed by atoms with E-state index < -0.39 is 5.91 Å². The number of amides is 2. The minimum atomic E-state index is -0.418. The van der Waals surface area contributed by atoms with Gasteiger partial charge in [-0.2, -0.15) is 0 Å². The third-order valence-corrected chi connectivity index (χ3v) is 1.66. The number of hydrogen-bond acceptors (Lipinski definition) is 3. The van der Waals surface area contributed by atoms with Crippen LogP contribution in [0.15, 0.2) is 30.3 Å². The van der Waals surface area contributed by atoms with Crippen molar-refractivity contribution in [3.8, 4) is 0 Å². The van der Waals surface area contributed by atoms with Gasteiger partial charge in [0, 0.05) is 6.92 Å². The van der Waals surface area contributed by atoms with Gasteiger partial charge >= 0.3 is 0 Å². The van der Waals surface area contributed by atoms with E-state index in [9.17, 15) is 9.59 Å². The number of hydrogen-bond donors (Lipinski definition) is 1. The molecule has 1 rings (SSSR count). The topological polar surface area (TPSA) is 55.4 Å². The largest absolute Gasteiger partial charge is 0.367 e. The molecular weight excluding hydrogens is 194 g/mol. The normalized spacial score (nSPS) is 9.67. The molecule has 0 radical (unpaired) electrons. The van der Waals surface area contributed by atoms with Crippen LogP contribution in [0.1, 0.15) is 12.5 Å². The molecule has 80 valence electrons. The Kier molecular flexibility index (Phi) is 4.50. The van der Waals surface area contributed by atoms with Crippen LogP contribution >= 0.6 is 0 Å². The van der Waals surface area contributed by atoms with Crippen LogP contribution in [-0.4, -0.2) is 18.4 Å². The lowest BCUT2D eigenvalue weighted by molar-refractivity contribution is -0.132. The van der Waals surface area contributed by atoms with Crippen molar-refractivity contribution in [2.45, 2.75) is 13.5 Å². The molecule has 1 N–H and O–H groups in total. The van der Waals surface area contributed by atoms with Crippen LogP contribution in [0.5, 0.6) is 0 Å². The van der Waals surface area contributed by atoms with Crippen molar-refractivity contribution in [3.63, 3.8) is 0 Å². The van der Waals surface area contributed by atoms with E-state index in [-0.39, 0.29) is 12.5 Å². The van der Waals surface area contributed by atoms with E-state index in [0.717, 1.165) is 5.56 Å². The second-order valence-corrected chi connectivity index (χ2v) is 3.08. The monoisotopic (exact) mass is 207 g/mol. The molecule has 0 spiro atoms. The second kappa shape index (κ2) is 5.93. The van der Waals surface area contributed by atoms with E-state index >= 15 is 0 Å². The highest BCUT2D eigenvalue weighted by Gasteiger charge is 2.02. The lowest BCUT2D eigenvalue weighted by Gasteiger charge is -2.03. The zero-order valence-corrected chi connectivity index (χ0v) is 8.53. The highest BCUT2D eigenvalue weighted by atomic mass is 16.5. The Bertz CT molecular complexity index is 335. The molecule has 2 amide bonds. The minimum absolute atomic E-state index is 0.103. The molecule has 4 nitrogen and oxygen atoms in total. The molecule has 0 fully saturated rings. The number of carbonyl (C=O) groups is 2. The van der Waals surface area contributed by atoms with Crippen molar-refractivity contribution in [2.75, 3.05) is 6.61 Å². The molecule has 15 heavy (non-hydrogen) atoms. The van der Waals surface area contributed by atoms with Crippen LogP contribution < -0.4 is 5.32 Å². The average Bonchev–Trinajstić information content (AvgIpc) is 2.18. The number of rotatable bonds is 4. The first kappa shape index (κ1) is 11.4. The van der Waals surface area contributed by atoms with Crippen LogP contribution in [0.4, 0.5) is 0 Å². The fraction of sp³-hybridized carbons (Fsp3) is 0.273. The van der Waals surface area contributed by atoms with E-state index in [4.69, 9.17) is 4.74 Å². The van der Waals surface area contributed by atoms with Gasteiger partial charge in [0.2, 0.25) is 5.91 Å². The summed E-state index contributed by atoms with van der Waals surface area (Å²) in [7, 11) is 0. The molecule has 0 saturated carbocycles. The Morgan fingerprint density at radius 3 is 2.53 bits per heavy atom. The quantitative estimate of drug-likeness (QED) is 0.796. The van der Waals surface area contributed by atoms with Crippen molar-refractivity contribution in [1.29, 1.82) is 0 Å². The summed E-state index contributed by atoms with van der Waals surface area (Å²) in [5.41, 5.74) is 0.994. The Labute approximate surface area is 88.2 Å². The van der Waals surface area contributed by atoms with E-state index in [1.165, 1.54) is 6.92 Å². The summed E-state index contributed by atoms with van der Waals surface area (Å²) in [6, 6.07) is 9.51. The van der Waals surface area contributed by atoms with Crippen molar-refractivity contribution in [3.05, 3.63) is 35.9 Å². The first-order chi connectivity index (χ1) is 7.18. The number of imide groups is 1. The molecule has 1 aromatic rings. The van der Waals surface area contributed by atoms with Gasteiger partial charge in [-0.15, -0.1) is 0 Å². The molecule has 1 aromatic carbocycles. The van der Waals surface area contributed by atoms with Crippen molar-refractivity contribution in [2.24, 2.45) is 0 Å². The predicted molar refractivity (Wildman–Crippen MR) is 54.9 cm³/mol. The number of ether oxygens (including phenoxy) is 1. The van der Waals surface area contributed by atoms with Crippen molar-refractivity contribution >= 4 is 11.8 Å². The van der Waals surface area contributed by atoms with E-state index in [2.05, 4.69) is 5.32 Å². The van der Waals surface area contributed by atoms with Gasteiger partial charge in [-0.3, -0.25) is 14.9 Å².